The maximum atomic E-state index is 13.1. The van der Waals surface area contributed by atoms with E-state index in [9.17, 15) is 9.18 Å². The lowest BCUT2D eigenvalue weighted by Crippen LogP contribution is -2.22. The van der Waals surface area contributed by atoms with Gasteiger partial charge in [-0.05, 0) is 35.9 Å². The SMILES string of the molecule is N#Cc1ccc(F)cc1Cn1cccc(N)c1=O. The minimum absolute atomic E-state index is 0.116. The van der Waals surface area contributed by atoms with Crippen LogP contribution in [0.15, 0.2) is 41.3 Å². The van der Waals surface area contributed by atoms with Gasteiger partial charge >= 0.3 is 0 Å². The Morgan fingerprint density at radius 1 is 1.39 bits per heavy atom. The smallest absolute Gasteiger partial charge is 0.273 e. The van der Waals surface area contributed by atoms with E-state index < -0.39 is 5.82 Å². The van der Waals surface area contributed by atoms with Gasteiger partial charge in [0.15, 0.2) is 0 Å². The van der Waals surface area contributed by atoms with Crippen molar-refractivity contribution in [3.63, 3.8) is 0 Å². The number of nitriles is 1. The third-order valence-corrected chi connectivity index (χ3v) is 2.58. The molecule has 4 nitrogen and oxygen atoms in total. The lowest BCUT2D eigenvalue weighted by Gasteiger charge is -2.08. The molecule has 2 rings (SSSR count). The minimum atomic E-state index is -0.444. The summed E-state index contributed by atoms with van der Waals surface area (Å²) in [6.45, 7) is 0.116. The summed E-state index contributed by atoms with van der Waals surface area (Å²) in [6, 6.07) is 8.93. The van der Waals surface area contributed by atoms with E-state index in [2.05, 4.69) is 0 Å². The van der Waals surface area contributed by atoms with E-state index in [1.807, 2.05) is 6.07 Å². The number of anilines is 1. The summed E-state index contributed by atoms with van der Waals surface area (Å²) in [5.74, 6) is -0.444. The second-order valence-corrected chi connectivity index (χ2v) is 3.81. The topological polar surface area (TPSA) is 71.8 Å². The molecule has 0 atom stereocenters. The maximum Gasteiger partial charge on any atom is 0.273 e. The fraction of sp³-hybridized carbons (Fsp3) is 0.0769. The molecule has 0 fully saturated rings. The number of pyridine rings is 1. The molecule has 5 heteroatoms. The summed E-state index contributed by atoms with van der Waals surface area (Å²) in [7, 11) is 0. The van der Waals surface area contributed by atoms with Crippen molar-refractivity contribution in [2.45, 2.75) is 6.54 Å². The number of benzene rings is 1. The van der Waals surface area contributed by atoms with E-state index in [1.54, 1.807) is 12.3 Å². The Kier molecular flexibility index (Phi) is 3.11. The normalized spacial score (nSPS) is 10.0. The van der Waals surface area contributed by atoms with E-state index in [-0.39, 0.29) is 17.8 Å². The minimum Gasteiger partial charge on any atom is -0.394 e. The van der Waals surface area contributed by atoms with E-state index in [4.69, 9.17) is 11.0 Å². The Balaban J connectivity index is 2.46. The van der Waals surface area contributed by atoms with Gasteiger partial charge in [0.25, 0.3) is 5.56 Å². The highest BCUT2D eigenvalue weighted by atomic mass is 19.1. The van der Waals surface area contributed by atoms with Gasteiger partial charge in [-0.3, -0.25) is 4.79 Å². The van der Waals surface area contributed by atoms with Crippen molar-refractivity contribution in [2.24, 2.45) is 0 Å². The van der Waals surface area contributed by atoms with E-state index in [0.717, 1.165) is 0 Å². The van der Waals surface area contributed by atoms with Crippen molar-refractivity contribution in [2.75, 3.05) is 5.73 Å². The number of aromatic nitrogens is 1. The first kappa shape index (κ1) is 11.9. The summed E-state index contributed by atoms with van der Waals surface area (Å²) < 4.78 is 14.5. The second kappa shape index (κ2) is 4.72. The maximum absolute atomic E-state index is 13.1. The Labute approximate surface area is 103 Å². The summed E-state index contributed by atoms with van der Waals surface area (Å²) in [6.07, 6.45) is 1.55. The van der Waals surface area contributed by atoms with E-state index in [0.29, 0.717) is 11.1 Å². The molecule has 2 N–H and O–H groups in total. The average Bonchev–Trinajstić information content (AvgIpc) is 2.35. The molecule has 0 radical (unpaired) electrons. The molecule has 0 saturated carbocycles. The Morgan fingerprint density at radius 2 is 2.17 bits per heavy atom. The first-order valence-electron chi connectivity index (χ1n) is 5.25. The molecule has 0 aliphatic rings. The van der Waals surface area contributed by atoms with Crippen LogP contribution in [0.5, 0.6) is 0 Å². The van der Waals surface area contributed by atoms with Crippen LogP contribution in [-0.4, -0.2) is 4.57 Å². The zero-order valence-corrected chi connectivity index (χ0v) is 9.43. The monoisotopic (exact) mass is 243 g/mol. The van der Waals surface area contributed by atoms with Gasteiger partial charge < -0.3 is 10.3 Å². The molecule has 1 aromatic carbocycles. The predicted molar refractivity (Wildman–Crippen MR) is 65.3 cm³/mol. The molecule has 0 bridgehead atoms. The predicted octanol–water partition coefficient (Wildman–Crippen LogP) is 1.49. The van der Waals surface area contributed by atoms with Gasteiger partial charge in [-0.2, -0.15) is 5.26 Å². The molecule has 90 valence electrons. The number of nitrogens with zero attached hydrogens (tertiary/aromatic N) is 2. The van der Waals surface area contributed by atoms with Crippen LogP contribution < -0.4 is 11.3 Å². The molecule has 0 aliphatic heterocycles. The van der Waals surface area contributed by atoms with Crippen LogP contribution in [-0.2, 0) is 6.54 Å². The molecule has 18 heavy (non-hydrogen) atoms. The van der Waals surface area contributed by atoms with Crippen molar-refractivity contribution in [1.29, 1.82) is 5.26 Å². The second-order valence-electron chi connectivity index (χ2n) is 3.81. The average molecular weight is 243 g/mol. The van der Waals surface area contributed by atoms with Gasteiger partial charge in [0.1, 0.15) is 5.82 Å². The summed E-state index contributed by atoms with van der Waals surface area (Å²) >= 11 is 0. The summed E-state index contributed by atoms with van der Waals surface area (Å²) in [5, 5.41) is 8.93. The first-order chi connectivity index (χ1) is 8.61. The van der Waals surface area contributed by atoms with Crippen molar-refractivity contribution in [1.82, 2.24) is 4.57 Å². The fourth-order valence-electron chi connectivity index (χ4n) is 1.67. The third-order valence-electron chi connectivity index (χ3n) is 2.58. The van der Waals surface area contributed by atoms with Crippen LogP contribution in [0, 0.1) is 17.1 Å². The summed E-state index contributed by atoms with van der Waals surface area (Å²) in [4.78, 5) is 11.7. The van der Waals surface area contributed by atoms with Crippen LogP contribution in [0.25, 0.3) is 0 Å². The first-order valence-corrected chi connectivity index (χ1v) is 5.25. The molecule has 1 heterocycles. The van der Waals surface area contributed by atoms with Gasteiger partial charge in [-0.15, -0.1) is 0 Å². The van der Waals surface area contributed by atoms with Crippen LogP contribution in [0.2, 0.25) is 0 Å². The molecule has 0 aliphatic carbocycles. The Bertz CT molecular complexity index is 685. The van der Waals surface area contributed by atoms with Gasteiger partial charge in [0, 0.05) is 6.20 Å². The lowest BCUT2D eigenvalue weighted by molar-refractivity contribution is 0.622. The number of halogens is 1. The Hall–Kier alpha value is -2.61. The van der Waals surface area contributed by atoms with Gasteiger partial charge in [0.05, 0.1) is 23.9 Å². The molecule has 2 aromatic rings. The van der Waals surface area contributed by atoms with Crippen LogP contribution in [0.4, 0.5) is 10.1 Å². The fourth-order valence-corrected chi connectivity index (χ4v) is 1.67. The highest BCUT2D eigenvalue weighted by Crippen LogP contribution is 2.11. The third kappa shape index (κ3) is 2.23. The number of rotatable bonds is 2. The molecular formula is C13H10FN3O. The van der Waals surface area contributed by atoms with Crippen molar-refractivity contribution >= 4 is 5.69 Å². The lowest BCUT2D eigenvalue weighted by atomic mass is 10.1. The van der Waals surface area contributed by atoms with E-state index >= 15 is 0 Å². The van der Waals surface area contributed by atoms with Crippen molar-refractivity contribution < 1.29 is 4.39 Å². The highest BCUT2D eigenvalue weighted by molar-refractivity contribution is 5.39. The number of nitrogens with two attached hydrogens (primary N) is 1. The number of hydrogen-bond donors (Lipinski definition) is 1. The molecule has 1 aromatic heterocycles. The van der Waals surface area contributed by atoms with Gasteiger partial charge in [0.2, 0.25) is 0 Å². The van der Waals surface area contributed by atoms with Gasteiger partial charge in [-0.1, -0.05) is 0 Å². The molecule has 0 unspecified atom stereocenters. The summed E-state index contributed by atoms with van der Waals surface area (Å²) in [5.41, 5.74) is 6.05. The quantitative estimate of drug-likeness (QED) is 0.868. The molecule has 0 saturated heterocycles. The Morgan fingerprint density at radius 3 is 2.89 bits per heavy atom. The van der Waals surface area contributed by atoms with Crippen molar-refractivity contribution in [3.8, 4) is 6.07 Å². The number of hydrogen-bond acceptors (Lipinski definition) is 3. The number of nitrogen functional groups attached to an aromatic ring is 1. The van der Waals surface area contributed by atoms with Gasteiger partial charge in [-0.25, -0.2) is 4.39 Å². The van der Waals surface area contributed by atoms with Crippen molar-refractivity contribution in [3.05, 3.63) is 63.8 Å². The molecular weight excluding hydrogens is 233 g/mol. The highest BCUT2D eigenvalue weighted by Gasteiger charge is 2.06. The zero-order valence-electron chi connectivity index (χ0n) is 9.43. The van der Waals surface area contributed by atoms with Crippen LogP contribution in [0.1, 0.15) is 11.1 Å². The van der Waals surface area contributed by atoms with Crippen LogP contribution in [0.3, 0.4) is 0 Å². The molecule has 0 spiro atoms. The largest absolute Gasteiger partial charge is 0.394 e. The van der Waals surface area contributed by atoms with E-state index in [1.165, 1.54) is 28.8 Å². The van der Waals surface area contributed by atoms with Crippen LogP contribution >= 0.6 is 0 Å². The zero-order chi connectivity index (χ0) is 13.1. The molecule has 0 amide bonds. The standard InChI is InChI=1S/C13H10FN3O/c14-11-4-3-9(7-15)10(6-11)8-17-5-1-2-12(16)13(17)18/h1-6H,8,16H2.